The predicted molar refractivity (Wildman–Crippen MR) is 113 cm³/mol. The zero-order chi connectivity index (χ0) is 19.2. The molecule has 2 aromatic rings. The Balaban J connectivity index is 1.56. The first-order valence-corrected chi connectivity index (χ1v) is 9.40. The lowest BCUT2D eigenvalue weighted by Gasteiger charge is -2.36. The quantitative estimate of drug-likeness (QED) is 0.455. The van der Waals surface area contributed by atoms with E-state index in [0.717, 1.165) is 49.5 Å². The molecule has 0 radical (unpaired) electrons. The molecule has 1 aliphatic heterocycles. The molecule has 0 unspecified atom stereocenters. The maximum Gasteiger partial charge on any atom is 0.184 e. The standard InChI is InChI=1S/C19H21ClFN5S/c20-17-11-15(12-23-24-19(22)27)3-6-18(17)26-9-7-25(8-10-26)13-14-1-4-16(21)5-2-14/h1-6,11-12H,7-10,13H2,(H3,22,24,27)/b23-12+. The van der Waals surface area contributed by atoms with Crippen molar-refractivity contribution < 1.29 is 4.39 Å². The first-order chi connectivity index (χ1) is 13.0. The Hall–Kier alpha value is -2.22. The van der Waals surface area contributed by atoms with Crippen LogP contribution in [0.3, 0.4) is 0 Å². The number of piperazine rings is 1. The highest BCUT2D eigenvalue weighted by atomic mass is 35.5. The van der Waals surface area contributed by atoms with Crippen molar-refractivity contribution in [3.05, 3.63) is 64.4 Å². The van der Waals surface area contributed by atoms with Gasteiger partial charge in [0.2, 0.25) is 0 Å². The van der Waals surface area contributed by atoms with E-state index in [9.17, 15) is 4.39 Å². The molecule has 0 bridgehead atoms. The maximum absolute atomic E-state index is 13.0. The molecule has 1 fully saturated rings. The van der Waals surface area contributed by atoms with E-state index < -0.39 is 0 Å². The van der Waals surface area contributed by atoms with Gasteiger partial charge in [0, 0.05) is 32.7 Å². The summed E-state index contributed by atoms with van der Waals surface area (Å²) in [7, 11) is 0. The molecule has 5 nitrogen and oxygen atoms in total. The lowest BCUT2D eigenvalue weighted by atomic mass is 10.1. The molecule has 0 amide bonds. The highest BCUT2D eigenvalue weighted by molar-refractivity contribution is 7.80. The van der Waals surface area contributed by atoms with Crippen LogP contribution in [0.1, 0.15) is 11.1 Å². The van der Waals surface area contributed by atoms with E-state index in [2.05, 4.69) is 20.3 Å². The molecule has 0 spiro atoms. The van der Waals surface area contributed by atoms with E-state index >= 15 is 0 Å². The molecule has 142 valence electrons. The van der Waals surface area contributed by atoms with Gasteiger partial charge in [-0.05, 0) is 47.6 Å². The van der Waals surface area contributed by atoms with Gasteiger partial charge in [0.1, 0.15) is 5.82 Å². The number of benzene rings is 2. The Bertz CT molecular complexity index is 819. The predicted octanol–water partition coefficient (Wildman–Crippen LogP) is 2.97. The fourth-order valence-corrected chi connectivity index (χ4v) is 3.39. The van der Waals surface area contributed by atoms with E-state index in [1.165, 1.54) is 12.1 Å². The second kappa shape index (κ2) is 9.12. The molecule has 27 heavy (non-hydrogen) atoms. The van der Waals surface area contributed by atoms with Crippen LogP contribution in [0.4, 0.5) is 10.1 Å². The summed E-state index contributed by atoms with van der Waals surface area (Å²) in [5.41, 5.74) is 10.8. The molecule has 2 aromatic carbocycles. The van der Waals surface area contributed by atoms with Crippen molar-refractivity contribution in [1.82, 2.24) is 10.3 Å². The Morgan fingerprint density at radius 1 is 1.19 bits per heavy atom. The molecule has 0 saturated carbocycles. The number of nitrogens with two attached hydrogens (primary N) is 1. The van der Waals surface area contributed by atoms with Gasteiger partial charge in [-0.3, -0.25) is 10.3 Å². The third-order valence-electron chi connectivity index (χ3n) is 4.39. The Labute approximate surface area is 168 Å². The number of halogens is 2. The van der Waals surface area contributed by atoms with Crippen LogP contribution in [0.2, 0.25) is 5.02 Å². The van der Waals surface area contributed by atoms with Gasteiger partial charge in [0.25, 0.3) is 0 Å². The van der Waals surface area contributed by atoms with Crippen molar-refractivity contribution in [2.75, 3.05) is 31.1 Å². The van der Waals surface area contributed by atoms with Gasteiger partial charge in [-0.1, -0.05) is 29.8 Å². The molecule has 8 heteroatoms. The Morgan fingerprint density at radius 2 is 1.89 bits per heavy atom. The van der Waals surface area contributed by atoms with Gasteiger partial charge in [-0.15, -0.1) is 0 Å². The smallest absolute Gasteiger partial charge is 0.184 e. The van der Waals surface area contributed by atoms with Gasteiger partial charge < -0.3 is 10.6 Å². The van der Waals surface area contributed by atoms with Crippen LogP contribution in [-0.4, -0.2) is 42.4 Å². The topological polar surface area (TPSA) is 56.9 Å². The van der Waals surface area contributed by atoms with Crippen molar-refractivity contribution in [3.8, 4) is 0 Å². The van der Waals surface area contributed by atoms with Crippen LogP contribution in [0.25, 0.3) is 0 Å². The van der Waals surface area contributed by atoms with E-state index in [-0.39, 0.29) is 10.9 Å². The van der Waals surface area contributed by atoms with Gasteiger partial charge >= 0.3 is 0 Å². The second-order valence-corrected chi connectivity index (χ2v) is 7.18. The first-order valence-electron chi connectivity index (χ1n) is 8.61. The lowest BCUT2D eigenvalue weighted by molar-refractivity contribution is 0.250. The zero-order valence-electron chi connectivity index (χ0n) is 14.7. The number of rotatable bonds is 5. The number of nitrogens with zero attached hydrogens (tertiary/aromatic N) is 3. The summed E-state index contributed by atoms with van der Waals surface area (Å²) in [5, 5.41) is 4.74. The lowest BCUT2D eigenvalue weighted by Crippen LogP contribution is -2.46. The number of hydrogen-bond donors (Lipinski definition) is 2. The van der Waals surface area contributed by atoms with Crippen molar-refractivity contribution in [2.24, 2.45) is 10.8 Å². The third-order valence-corrected chi connectivity index (χ3v) is 4.79. The SMILES string of the molecule is NC(=S)N/N=C/c1ccc(N2CCN(Cc3ccc(F)cc3)CC2)c(Cl)c1. The number of nitrogens with one attached hydrogen (secondary N) is 1. The van der Waals surface area contributed by atoms with E-state index in [4.69, 9.17) is 29.6 Å². The van der Waals surface area contributed by atoms with Gasteiger partial charge in [0.05, 0.1) is 16.9 Å². The molecule has 0 atom stereocenters. The van der Waals surface area contributed by atoms with Crippen LogP contribution in [0.5, 0.6) is 0 Å². The molecule has 0 aliphatic carbocycles. The normalized spacial score (nSPS) is 15.3. The molecule has 3 N–H and O–H groups in total. The fourth-order valence-electron chi connectivity index (χ4n) is 3.03. The number of hydrazone groups is 1. The number of anilines is 1. The molecule has 3 rings (SSSR count). The van der Waals surface area contributed by atoms with Crippen molar-refractivity contribution in [3.63, 3.8) is 0 Å². The minimum Gasteiger partial charge on any atom is -0.375 e. The van der Waals surface area contributed by atoms with Crippen molar-refractivity contribution in [1.29, 1.82) is 0 Å². The number of hydrogen-bond acceptors (Lipinski definition) is 4. The summed E-state index contributed by atoms with van der Waals surface area (Å²) in [6.07, 6.45) is 1.62. The van der Waals surface area contributed by atoms with E-state index in [1.54, 1.807) is 6.21 Å². The summed E-state index contributed by atoms with van der Waals surface area (Å²) >= 11 is 11.2. The molecule has 1 saturated heterocycles. The Kier molecular flexibility index (Phi) is 6.60. The minimum atomic E-state index is -0.201. The van der Waals surface area contributed by atoms with Crippen LogP contribution < -0.4 is 16.1 Å². The van der Waals surface area contributed by atoms with Crippen LogP contribution in [-0.2, 0) is 6.54 Å². The van der Waals surface area contributed by atoms with E-state index in [1.807, 2.05) is 30.3 Å². The highest BCUT2D eigenvalue weighted by Crippen LogP contribution is 2.27. The monoisotopic (exact) mass is 405 g/mol. The molecule has 1 aliphatic rings. The summed E-state index contributed by atoms with van der Waals surface area (Å²) in [4.78, 5) is 4.64. The average Bonchev–Trinajstić information content (AvgIpc) is 2.64. The summed E-state index contributed by atoms with van der Waals surface area (Å²) in [5.74, 6) is -0.201. The third kappa shape index (κ3) is 5.63. The average molecular weight is 406 g/mol. The van der Waals surface area contributed by atoms with Crippen LogP contribution >= 0.6 is 23.8 Å². The van der Waals surface area contributed by atoms with Crippen LogP contribution in [0.15, 0.2) is 47.6 Å². The Morgan fingerprint density at radius 3 is 2.52 bits per heavy atom. The van der Waals surface area contributed by atoms with Crippen molar-refractivity contribution in [2.45, 2.75) is 6.54 Å². The minimum absolute atomic E-state index is 0.118. The molecular weight excluding hydrogens is 385 g/mol. The van der Waals surface area contributed by atoms with Gasteiger partial charge in [-0.25, -0.2) is 4.39 Å². The second-order valence-electron chi connectivity index (χ2n) is 6.33. The zero-order valence-corrected chi connectivity index (χ0v) is 16.3. The van der Waals surface area contributed by atoms with Crippen LogP contribution in [0, 0.1) is 5.82 Å². The van der Waals surface area contributed by atoms with E-state index in [0.29, 0.717) is 5.02 Å². The van der Waals surface area contributed by atoms with Gasteiger partial charge in [0.15, 0.2) is 5.11 Å². The molecular formula is C19H21ClFN5S. The highest BCUT2D eigenvalue weighted by Gasteiger charge is 2.19. The summed E-state index contributed by atoms with van der Waals surface area (Å²) in [6.45, 7) is 4.45. The van der Waals surface area contributed by atoms with Crippen molar-refractivity contribution >= 4 is 40.8 Å². The summed E-state index contributed by atoms with van der Waals surface area (Å²) < 4.78 is 13.0. The fraction of sp³-hybridized carbons (Fsp3) is 0.263. The van der Waals surface area contributed by atoms with Gasteiger partial charge in [-0.2, -0.15) is 5.10 Å². The maximum atomic E-state index is 13.0. The largest absolute Gasteiger partial charge is 0.375 e. The first kappa shape index (κ1) is 19.5. The molecule has 0 aromatic heterocycles. The number of thiocarbonyl (C=S) groups is 1. The molecule has 1 heterocycles. The summed E-state index contributed by atoms with van der Waals surface area (Å²) in [6, 6.07) is 12.5.